The molecule has 2 aliphatic heterocycles. The number of nitrogens with zero attached hydrogens (tertiary/aromatic N) is 2. The first-order valence-electron chi connectivity index (χ1n) is 9.52. The van der Waals surface area contributed by atoms with E-state index >= 15 is 0 Å². The van der Waals surface area contributed by atoms with Crippen molar-refractivity contribution < 1.29 is 19.1 Å². The van der Waals surface area contributed by atoms with Gasteiger partial charge in [0.15, 0.2) is 11.5 Å². The lowest BCUT2D eigenvalue weighted by atomic mass is 10.1. The van der Waals surface area contributed by atoms with E-state index in [9.17, 15) is 14.7 Å². The maximum absolute atomic E-state index is 12.4. The Labute approximate surface area is 159 Å². The van der Waals surface area contributed by atoms with Gasteiger partial charge in [-0.25, -0.2) is 4.79 Å². The van der Waals surface area contributed by atoms with E-state index in [2.05, 4.69) is 17.2 Å². The molecule has 3 amide bonds. The fourth-order valence-corrected chi connectivity index (χ4v) is 3.32. The topological polar surface area (TPSA) is 86.0 Å². The Morgan fingerprint density at radius 2 is 1.78 bits per heavy atom. The average molecular weight is 373 g/mol. The number of carbonyl (C=O) groups excluding carboxylic acids is 2. The summed E-state index contributed by atoms with van der Waals surface area (Å²) in [6, 6.07) is 3.34. The molecule has 3 rings (SSSR count). The van der Waals surface area contributed by atoms with Crippen LogP contribution in [-0.4, -0.2) is 64.7 Å². The number of hydrogen-bond acceptors (Lipinski definition) is 4. The molecule has 7 heteroatoms. The molecule has 2 aliphatic rings. The van der Waals surface area contributed by atoms with Crippen LogP contribution in [0.2, 0.25) is 0 Å². The highest BCUT2D eigenvalue weighted by Gasteiger charge is 2.28. The third-order valence-corrected chi connectivity index (χ3v) is 4.80. The van der Waals surface area contributed by atoms with Gasteiger partial charge in [-0.2, -0.15) is 0 Å². The fourth-order valence-electron chi connectivity index (χ4n) is 3.32. The number of aliphatic hydroxyl groups is 1. The van der Waals surface area contributed by atoms with Crippen LogP contribution in [0.5, 0.6) is 0 Å². The van der Waals surface area contributed by atoms with Crippen LogP contribution in [0.4, 0.5) is 4.79 Å². The SMILES string of the molecule is CC(C)(O)C#Cc1ccc(C(=O)NC2CCN(C(=O)N3CCCC3)CC2)o1. The van der Waals surface area contributed by atoms with Crippen LogP contribution in [0.1, 0.15) is 55.8 Å². The molecule has 2 fully saturated rings. The normalized spacial score (nSPS) is 18.2. The quantitative estimate of drug-likeness (QED) is 0.774. The van der Waals surface area contributed by atoms with Gasteiger partial charge >= 0.3 is 6.03 Å². The Hall–Kier alpha value is -2.46. The summed E-state index contributed by atoms with van der Waals surface area (Å²) in [5.74, 6) is 5.62. The second-order valence-electron chi connectivity index (χ2n) is 7.68. The Bertz CT molecular complexity index is 739. The van der Waals surface area contributed by atoms with E-state index in [1.165, 1.54) is 0 Å². The zero-order valence-electron chi connectivity index (χ0n) is 16.0. The summed E-state index contributed by atoms with van der Waals surface area (Å²) < 4.78 is 5.44. The Morgan fingerprint density at radius 3 is 2.41 bits per heavy atom. The number of piperidine rings is 1. The predicted octanol–water partition coefficient (Wildman–Crippen LogP) is 1.81. The summed E-state index contributed by atoms with van der Waals surface area (Å²) in [7, 11) is 0. The molecule has 2 saturated heterocycles. The number of amides is 3. The monoisotopic (exact) mass is 373 g/mol. The van der Waals surface area contributed by atoms with Crippen molar-refractivity contribution in [1.29, 1.82) is 0 Å². The van der Waals surface area contributed by atoms with Gasteiger partial charge in [0.1, 0.15) is 5.60 Å². The third kappa shape index (κ3) is 5.27. The van der Waals surface area contributed by atoms with Crippen LogP contribution in [0.25, 0.3) is 0 Å². The number of urea groups is 1. The molecule has 1 aromatic rings. The van der Waals surface area contributed by atoms with E-state index in [0.717, 1.165) is 38.8 Å². The summed E-state index contributed by atoms with van der Waals surface area (Å²) in [5.41, 5.74) is -1.12. The van der Waals surface area contributed by atoms with Crippen LogP contribution in [-0.2, 0) is 0 Å². The molecule has 0 radical (unpaired) electrons. The van der Waals surface area contributed by atoms with Gasteiger partial charge in [-0.3, -0.25) is 4.79 Å². The van der Waals surface area contributed by atoms with Crippen molar-refractivity contribution in [2.45, 2.75) is 51.2 Å². The van der Waals surface area contributed by atoms with Crippen LogP contribution < -0.4 is 5.32 Å². The zero-order chi connectivity index (χ0) is 19.4. The summed E-state index contributed by atoms with van der Waals surface area (Å²) in [4.78, 5) is 28.6. The standard InChI is InChI=1S/C20H27N3O4/c1-20(2,26)10-7-16-5-6-17(27-16)18(24)21-15-8-13-23(14-9-15)19(25)22-11-3-4-12-22/h5-6,15,26H,3-4,8-9,11-14H2,1-2H3,(H,21,24). The molecule has 0 aromatic carbocycles. The molecule has 0 saturated carbocycles. The Morgan fingerprint density at radius 1 is 1.15 bits per heavy atom. The first-order valence-corrected chi connectivity index (χ1v) is 9.52. The van der Waals surface area contributed by atoms with E-state index in [0.29, 0.717) is 18.8 Å². The number of carbonyl (C=O) groups is 2. The lowest BCUT2D eigenvalue weighted by molar-refractivity contribution is 0.0884. The number of hydrogen-bond donors (Lipinski definition) is 2. The molecule has 0 unspecified atom stereocenters. The van der Waals surface area contributed by atoms with E-state index in [1.54, 1.807) is 26.0 Å². The van der Waals surface area contributed by atoms with Gasteiger partial charge < -0.3 is 24.6 Å². The summed E-state index contributed by atoms with van der Waals surface area (Å²) in [6.07, 6.45) is 3.64. The molecule has 0 spiro atoms. The smallest absolute Gasteiger partial charge is 0.319 e. The number of likely N-dealkylation sites (tertiary alicyclic amines) is 2. The fraction of sp³-hybridized carbons (Fsp3) is 0.600. The molecule has 0 atom stereocenters. The zero-order valence-corrected chi connectivity index (χ0v) is 16.0. The van der Waals surface area contributed by atoms with Gasteiger partial charge in [0.25, 0.3) is 5.91 Å². The van der Waals surface area contributed by atoms with Crippen LogP contribution in [0.15, 0.2) is 16.5 Å². The van der Waals surface area contributed by atoms with E-state index in [1.807, 2.05) is 9.80 Å². The number of furan rings is 1. The molecule has 0 bridgehead atoms. The minimum Gasteiger partial charge on any atom is -0.443 e. The average Bonchev–Trinajstić information content (AvgIpc) is 3.31. The van der Waals surface area contributed by atoms with Crippen molar-refractivity contribution >= 4 is 11.9 Å². The van der Waals surface area contributed by atoms with E-state index in [4.69, 9.17) is 4.42 Å². The summed E-state index contributed by atoms with van der Waals surface area (Å²) in [5, 5.41) is 12.6. The Balaban J connectivity index is 1.48. The lowest BCUT2D eigenvalue weighted by Crippen LogP contribution is -2.50. The molecule has 146 valence electrons. The molecule has 27 heavy (non-hydrogen) atoms. The summed E-state index contributed by atoms with van der Waals surface area (Å²) in [6.45, 7) is 6.18. The van der Waals surface area contributed by atoms with Crippen LogP contribution >= 0.6 is 0 Å². The van der Waals surface area contributed by atoms with Crippen molar-refractivity contribution in [3.8, 4) is 11.8 Å². The second-order valence-corrected chi connectivity index (χ2v) is 7.68. The highest BCUT2D eigenvalue weighted by atomic mass is 16.3. The van der Waals surface area contributed by atoms with Gasteiger partial charge in [-0.15, -0.1) is 0 Å². The van der Waals surface area contributed by atoms with Crippen LogP contribution in [0.3, 0.4) is 0 Å². The highest BCUT2D eigenvalue weighted by Crippen LogP contribution is 2.17. The number of nitrogens with one attached hydrogen (secondary N) is 1. The second kappa shape index (κ2) is 8.05. The van der Waals surface area contributed by atoms with Crippen molar-refractivity contribution in [1.82, 2.24) is 15.1 Å². The molecular weight excluding hydrogens is 346 g/mol. The van der Waals surface area contributed by atoms with Crippen LogP contribution in [0, 0.1) is 11.8 Å². The maximum atomic E-state index is 12.4. The van der Waals surface area contributed by atoms with E-state index < -0.39 is 5.60 Å². The maximum Gasteiger partial charge on any atom is 0.319 e. The first kappa shape index (κ1) is 19.3. The predicted molar refractivity (Wildman–Crippen MR) is 100 cm³/mol. The molecule has 1 aromatic heterocycles. The first-order chi connectivity index (χ1) is 12.8. The number of rotatable bonds is 2. The molecule has 2 N–H and O–H groups in total. The van der Waals surface area contributed by atoms with E-state index in [-0.39, 0.29) is 23.7 Å². The largest absolute Gasteiger partial charge is 0.443 e. The van der Waals surface area contributed by atoms with Crippen molar-refractivity contribution in [2.75, 3.05) is 26.2 Å². The van der Waals surface area contributed by atoms with Crippen molar-refractivity contribution in [2.24, 2.45) is 0 Å². The van der Waals surface area contributed by atoms with Gasteiger partial charge in [-0.05, 0) is 57.6 Å². The van der Waals surface area contributed by atoms with Gasteiger partial charge in [0, 0.05) is 32.2 Å². The van der Waals surface area contributed by atoms with Gasteiger partial charge in [0.05, 0.1) is 0 Å². The minimum atomic E-state index is -1.12. The Kier molecular flexibility index (Phi) is 5.76. The molecule has 0 aliphatic carbocycles. The highest BCUT2D eigenvalue weighted by molar-refractivity contribution is 5.91. The molecule has 7 nitrogen and oxygen atoms in total. The van der Waals surface area contributed by atoms with Gasteiger partial charge in [-0.1, -0.05) is 5.92 Å². The van der Waals surface area contributed by atoms with Gasteiger partial charge in [0.2, 0.25) is 0 Å². The lowest BCUT2D eigenvalue weighted by Gasteiger charge is -2.34. The van der Waals surface area contributed by atoms with Crippen molar-refractivity contribution in [3.05, 3.63) is 23.7 Å². The minimum absolute atomic E-state index is 0.0242. The summed E-state index contributed by atoms with van der Waals surface area (Å²) >= 11 is 0. The molecular formula is C20H27N3O4. The third-order valence-electron chi connectivity index (χ3n) is 4.80. The van der Waals surface area contributed by atoms with Crippen molar-refractivity contribution in [3.63, 3.8) is 0 Å². The molecule has 3 heterocycles.